The van der Waals surface area contributed by atoms with Crippen molar-refractivity contribution >= 4 is 16.9 Å². The molecule has 1 aromatic heterocycles. The molecule has 0 unspecified atom stereocenters. The summed E-state index contributed by atoms with van der Waals surface area (Å²) in [6, 6.07) is 19.7. The van der Waals surface area contributed by atoms with Gasteiger partial charge < -0.3 is 28.8 Å². The number of hydrogen-bond acceptors (Lipinski definition) is 6. The Morgan fingerprint density at radius 1 is 0.949 bits per heavy atom. The van der Waals surface area contributed by atoms with E-state index in [2.05, 4.69) is 41.9 Å². The Balaban J connectivity index is 1.37. The first-order valence-electron chi connectivity index (χ1n) is 13.2. The Morgan fingerprint density at radius 2 is 1.64 bits per heavy atom. The van der Waals surface area contributed by atoms with Crippen LogP contribution in [-0.4, -0.2) is 49.9 Å². The number of hydrogen-bond donors (Lipinski definition) is 1. The van der Waals surface area contributed by atoms with Crippen LogP contribution < -0.4 is 24.3 Å². The highest BCUT2D eigenvalue weighted by Gasteiger charge is 2.17. The highest BCUT2D eigenvalue weighted by Crippen LogP contribution is 2.38. The number of ether oxygens (including phenoxy) is 4. The van der Waals surface area contributed by atoms with E-state index in [1.165, 1.54) is 26.9 Å². The van der Waals surface area contributed by atoms with Crippen LogP contribution in [0.4, 0.5) is 0 Å². The third kappa shape index (κ3) is 6.63. The topological polar surface area (TPSA) is 83.8 Å². The number of aromatic nitrogens is 2. The molecule has 0 atom stereocenters. The van der Waals surface area contributed by atoms with Gasteiger partial charge in [-0.3, -0.25) is 4.79 Å². The van der Waals surface area contributed by atoms with Crippen LogP contribution in [0.15, 0.2) is 60.7 Å². The van der Waals surface area contributed by atoms with Crippen molar-refractivity contribution in [2.45, 2.75) is 39.2 Å². The summed E-state index contributed by atoms with van der Waals surface area (Å²) in [5, 5.41) is 2.99. The van der Waals surface area contributed by atoms with Gasteiger partial charge >= 0.3 is 0 Å². The number of para-hydroxylation sites is 2. The minimum absolute atomic E-state index is 0.209. The number of methoxy groups -OCH3 is 3. The lowest BCUT2D eigenvalue weighted by atomic mass is 10.0. The molecular weight excluding hydrogens is 494 g/mol. The van der Waals surface area contributed by atoms with Crippen molar-refractivity contribution in [3.05, 3.63) is 77.6 Å². The number of carbonyl (C=O) groups is 1. The smallest absolute Gasteiger partial charge is 0.251 e. The van der Waals surface area contributed by atoms with Gasteiger partial charge in [0, 0.05) is 18.5 Å². The largest absolute Gasteiger partial charge is 0.493 e. The first kappa shape index (κ1) is 27.8. The molecule has 0 radical (unpaired) electrons. The first-order valence-corrected chi connectivity index (χ1v) is 13.2. The Labute approximate surface area is 229 Å². The molecule has 0 spiro atoms. The maximum atomic E-state index is 12.8. The third-order valence-corrected chi connectivity index (χ3v) is 6.65. The third-order valence-electron chi connectivity index (χ3n) is 6.65. The van der Waals surface area contributed by atoms with Crippen molar-refractivity contribution in [3.63, 3.8) is 0 Å². The summed E-state index contributed by atoms with van der Waals surface area (Å²) < 4.78 is 24.3. The molecule has 0 aliphatic rings. The van der Waals surface area contributed by atoms with Gasteiger partial charge in [0.15, 0.2) is 11.5 Å². The summed E-state index contributed by atoms with van der Waals surface area (Å²) in [5.74, 6) is 3.44. The number of imidazole rings is 1. The van der Waals surface area contributed by atoms with Crippen LogP contribution in [0.1, 0.15) is 47.9 Å². The SMILES string of the molecule is COc1cc(C(=O)NCCCc2nc3ccccc3n2CCOc2ccc(C(C)C)cc2)cc(OC)c1OC. The van der Waals surface area contributed by atoms with Gasteiger partial charge in [-0.05, 0) is 54.3 Å². The van der Waals surface area contributed by atoms with Crippen molar-refractivity contribution in [3.8, 4) is 23.0 Å². The van der Waals surface area contributed by atoms with Crippen LogP contribution in [0.2, 0.25) is 0 Å². The zero-order valence-electron chi connectivity index (χ0n) is 23.3. The van der Waals surface area contributed by atoms with Crippen LogP contribution in [0.25, 0.3) is 11.0 Å². The lowest BCUT2D eigenvalue weighted by molar-refractivity contribution is 0.0952. The van der Waals surface area contributed by atoms with Crippen LogP contribution in [-0.2, 0) is 13.0 Å². The predicted molar refractivity (Wildman–Crippen MR) is 153 cm³/mol. The fourth-order valence-corrected chi connectivity index (χ4v) is 4.53. The molecule has 1 heterocycles. The number of rotatable bonds is 13. The summed E-state index contributed by atoms with van der Waals surface area (Å²) in [6.45, 7) is 6.07. The average Bonchev–Trinajstić information content (AvgIpc) is 3.31. The second-order valence-corrected chi connectivity index (χ2v) is 9.51. The lowest BCUT2D eigenvalue weighted by Gasteiger charge is -2.14. The fraction of sp³-hybridized carbons (Fsp3) is 0.355. The normalized spacial score (nSPS) is 11.0. The van der Waals surface area contributed by atoms with Gasteiger partial charge in [-0.1, -0.05) is 38.1 Å². The molecule has 0 bridgehead atoms. The van der Waals surface area contributed by atoms with E-state index in [0.717, 1.165) is 29.0 Å². The zero-order chi connectivity index (χ0) is 27.8. The van der Waals surface area contributed by atoms with Crippen molar-refractivity contribution in [2.75, 3.05) is 34.5 Å². The fourth-order valence-electron chi connectivity index (χ4n) is 4.53. The van der Waals surface area contributed by atoms with Crippen LogP contribution >= 0.6 is 0 Å². The maximum Gasteiger partial charge on any atom is 0.251 e. The molecule has 39 heavy (non-hydrogen) atoms. The highest BCUT2D eigenvalue weighted by molar-refractivity contribution is 5.95. The number of nitrogens with one attached hydrogen (secondary N) is 1. The van der Waals surface area contributed by atoms with Gasteiger partial charge in [0.1, 0.15) is 18.2 Å². The minimum atomic E-state index is -0.209. The van der Waals surface area contributed by atoms with Gasteiger partial charge in [-0.2, -0.15) is 0 Å². The highest BCUT2D eigenvalue weighted by atomic mass is 16.5. The molecule has 8 nitrogen and oxygen atoms in total. The van der Waals surface area contributed by atoms with E-state index in [1.807, 2.05) is 30.3 Å². The lowest BCUT2D eigenvalue weighted by Crippen LogP contribution is -2.25. The Hall–Kier alpha value is -4.20. The van der Waals surface area contributed by atoms with E-state index in [1.54, 1.807) is 12.1 Å². The zero-order valence-corrected chi connectivity index (χ0v) is 23.3. The standard InChI is InChI=1S/C31H37N3O5/c1-21(2)22-12-14-24(15-13-22)39-18-17-34-26-10-7-6-9-25(26)33-29(34)11-8-16-32-31(35)23-19-27(36-3)30(38-5)28(20-23)37-4/h6-7,9-10,12-15,19-21H,8,11,16-18H2,1-5H3,(H,32,35). The van der Waals surface area contributed by atoms with E-state index < -0.39 is 0 Å². The first-order chi connectivity index (χ1) is 18.9. The van der Waals surface area contributed by atoms with Crippen molar-refractivity contribution < 1.29 is 23.7 Å². The molecule has 0 saturated heterocycles. The quantitative estimate of drug-likeness (QED) is 0.225. The number of carbonyl (C=O) groups excluding carboxylic acids is 1. The number of fused-ring (bicyclic) bond motifs is 1. The number of benzene rings is 3. The van der Waals surface area contributed by atoms with Crippen molar-refractivity contribution in [2.24, 2.45) is 0 Å². The number of nitrogens with zero attached hydrogens (tertiary/aromatic N) is 2. The second kappa shape index (κ2) is 13.0. The van der Waals surface area contributed by atoms with Gasteiger partial charge in [0.2, 0.25) is 5.75 Å². The van der Waals surface area contributed by atoms with Gasteiger partial charge in [-0.15, -0.1) is 0 Å². The monoisotopic (exact) mass is 531 g/mol. The maximum absolute atomic E-state index is 12.8. The predicted octanol–water partition coefficient (Wildman–Crippen LogP) is 5.63. The number of aryl methyl sites for hydroxylation is 1. The molecule has 0 saturated carbocycles. The van der Waals surface area contributed by atoms with E-state index >= 15 is 0 Å². The summed E-state index contributed by atoms with van der Waals surface area (Å²) in [7, 11) is 4.58. The molecule has 3 aromatic carbocycles. The molecule has 0 aliphatic carbocycles. The molecule has 8 heteroatoms. The molecule has 1 amide bonds. The van der Waals surface area contributed by atoms with Gasteiger partial charge in [0.05, 0.1) is 38.9 Å². The van der Waals surface area contributed by atoms with E-state index in [9.17, 15) is 4.79 Å². The molecule has 4 aromatic rings. The van der Waals surface area contributed by atoms with E-state index in [4.69, 9.17) is 23.9 Å². The molecule has 0 fully saturated rings. The summed E-state index contributed by atoms with van der Waals surface area (Å²) in [4.78, 5) is 17.7. The van der Waals surface area contributed by atoms with Gasteiger partial charge in [0.25, 0.3) is 5.91 Å². The second-order valence-electron chi connectivity index (χ2n) is 9.51. The van der Waals surface area contributed by atoms with Crippen LogP contribution in [0.5, 0.6) is 23.0 Å². The molecule has 4 rings (SSSR count). The summed E-state index contributed by atoms with van der Waals surface area (Å²) >= 11 is 0. The van der Waals surface area contributed by atoms with Gasteiger partial charge in [-0.25, -0.2) is 4.98 Å². The van der Waals surface area contributed by atoms with E-state index in [-0.39, 0.29) is 5.91 Å². The summed E-state index contributed by atoms with van der Waals surface area (Å²) in [6.07, 6.45) is 1.45. The van der Waals surface area contributed by atoms with E-state index in [0.29, 0.717) is 54.8 Å². The van der Waals surface area contributed by atoms with Crippen LogP contribution in [0.3, 0.4) is 0 Å². The number of amides is 1. The van der Waals surface area contributed by atoms with Crippen molar-refractivity contribution in [1.82, 2.24) is 14.9 Å². The van der Waals surface area contributed by atoms with Crippen LogP contribution in [0, 0.1) is 0 Å². The average molecular weight is 532 g/mol. The summed E-state index contributed by atoms with van der Waals surface area (Å²) in [5.41, 5.74) is 3.76. The minimum Gasteiger partial charge on any atom is -0.493 e. The Bertz CT molecular complexity index is 1370. The van der Waals surface area contributed by atoms with Crippen molar-refractivity contribution in [1.29, 1.82) is 0 Å². The molecule has 1 N–H and O–H groups in total. The molecular formula is C31H37N3O5. The molecule has 206 valence electrons. The Kier molecular flexibility index (Phi) is 9.31. The Morgan fingerprint density at radius 3 is 2.28 bits per heavy atom. The molecule has 0 aliphatic heterocycles.